The zero-order valence-corrected chi connectivity index (χ0v) is 17.5. The summed E-state index contributed by atoms with van der Waals surface area (Å²) in [5, 5.41) is 11.4. The highest BCUT2D eigenvalue weighted by atomic mass is 16.5. The van der Waals surface area contributed by atoms with E-state index in [0.717, 1.165) is 5.56 Å². The highest BCUT2D eigenvalue weighted by Gasteiger charge is 2.50. The van der Waals surface area contributed by atoms with Crippen molar-refractivity contribution in [3.05, 3.63) is 95.6 Å². The number of ketones is 1. The number of rotatable bonds is 8. The predicted molar refractivity (Wildman–Crippen MR) is 119 cm³/mol. The number of nitrogens with zero attached hydrogens (tertiary/aromatic N) is 1. The fraction of sp³-hybridized carbons (Fsp3) is 0.231. The molecule has 5 heteroatoms. The normalized spacial score (nSPS) is 17.5. The number of amides is 1. The number of ether oxygens (including phenoxy) is 1. The molecule has 3 aromatic rings. The van der Waals surface area contributed by atoms with Crippen molar-refractivity contribution in [2.75, 3.05) is 18.1 Å². The van der Waals surface area contributed by atoms with Crippen LogP contribution in [0, 0.1) is 0 Å². The van der Waals surface area contributed by atoms with Gasteiger partial charge in [-0.3, -0.25) is 9.59 Å². The van der Waals surface area contributed by atoms with Crippen LogP contribution >= 0.6 is 0 Å². The summed E-state index contributed by atoms with van der Waals surface area (Å²) in [6.07, 6.45) is 0.350. The number of carbonyl (C=O) groups is 2. The molecule has 4 rings (SSSR count). The fourth-order valence-corrected chi connectivity index (χ4v) is 4.02. The molecule has 5 nitrogen and oxygen atoms in total. The first-order valence-electron chi connectivity index (χ1n) is 10.5. The Balaban J connectivity index is 1.56. The Labute approximate surface area is 181 Å². The summed E-state index contributed by atoms with van der Waals surface area (Å²) in [6.45, 7) is 2.86. The van der Waals surface area contributed by atoms with Crippen LogP contribution in [-0.4, -0.2) is 29.9 Å². The number of carbonyl (C=O) groups excluding carboxylic acids is 2. The number of benzene rings is 3. The van der Waals surface area contributed by atoms with Crippen molar-refractivity contribution in [2.45, 2.75) is 25.4 Å². The van der Waals surface area contributed by atoms with Crippen LogP contribution in [0.2, 0.25) is 0 Å². The molecule has 1 aliphatic rings. The lowest BCUT2D eigenvalue weighted by molar-refractivity contribution is -0.135. The molecule has 0 radical (unpaired) electrons. The highest BCUT2D eigenvalue weighted by Crippen LogP contribution is 2.42. The molecule has 31 heavy (non-hydrogen) atoms. The Morgan fingerprint density at radius 3 is 2.35 bits per heavy atom. The lowest BCUT2D eigenvalue weighted by Crippen LogP contribution is -2.42. The Bertz CT molecular complexity index is 1080. The largest absolute Gasteiger partial charge is 0.494 e. The van der Waals surface area contributed by atoms with Crippen LogP contribution in [0.4, 0.5) is 5.69 Å². The number of fused-ring (bicyclic) bond motifs is 1. The van der Waals surface area contributed by atoms with Crippen molar-refractivity contribution in [2.24, 2.45) is 0 Å². The van der Waals surface area contributed by atoms with Gasteiger partial charge in [-0.15, -0.1) is 0 Å². The molecule has 0 spiro atoms. The van der Waals surface area contributed by atoms with Gasteiger partial charge < -0.3 is 14.7 Å². The average Bonchev–Trinajstić information content (AvgIpc) is 3.00. The summed E-state index contributed by atoms with van der Waals surface area (Å²) in [5.41, 5.74) is 0.805. The lowest BCUT2D eigenvalue weighted by Gasteiger charge is -2.23. The van der Waals surface area contributed by atoms with Crippen LogP contribution < -0.4 is 9.64 Å². The molecule has 3 aromatic carbocycles. The maximum absolute atomic E-state index is 13.3. The first kappa shape index (κ1) is 20.8. The third-order valence-electron chi connectivity index (χ3n) is 5.61. The van der Waals surface area contributed by atoms with Gasteiger partial charge in [0.1, 0.15) is 5.75 Å². The molecule has 0 bridgehead atoms. The van der Waals surface area contributed by atoms with E-state index in [1.807, 2.05) is 49.4 Å². The molecule has 1 N–H and O–H groups in total. The second kappa shape index (κ2) is 8.74. The van der Waals surface area contributed by atoms with Gasteiger partial charge in [-0.1, -0.05) is 48.5 Å². The maximum atomic E-state index is 13.3. The monoisotopic (exact) mass is 415 g/mol. The van der Waals surface area contributed by atoms with Gasteiger partial charge in [0.2, 0.25) is 0 Å². The molecule has 0 saturated carbocycles. The summed E-state index contributed by atoms with van der Waals surface area (Å²) in [5.74, 6) is -0.0744. The van der Waals surface area contributed by atoms with Gasteiger partial charge in [-0.2, -0.15) is 0 Å². The van der Waals surface area contributed by atoms with Gasteiger partial charge in [-0.05, 0) is 49.2 Å². The van der Waals surface area contributed by atoms with E-state index in [1.54, 1.807) is 41.3 Å². The first-order valence-corrected chi connectivity index (χ1v) is 10.5. The summed E-state index contributed by atoms with van der Waals surface area (Å²) in [7, 11) is 0. The van der Waals surface area contributed by atoms with Crippen LogP contribution in [0.15, 0.2) is 78.9 Å². The molecule has 0 aromatic heterocycles. The molecular weight excluding hydrogens is 390 g/mol. The molecule has 0 fully saturated rings. The number of anilines is 1. The van der Waals surface area contributed by atoms with E-state index in [2.05, 4.69) is 0 Å². The Morgan fingerprint density at radius 1 is 0.968 bits per heavy atom. The molecule has 0 aliphatic carbocycles. The van der Waals surface area contributed by atoms with Crippen LogP contribution in [0.25, 0.3) is 0 Å². The summed E-state index contributed by atoms with van der Waals surface area (Å²) in [6, 6.07) is 23.8. The van der Waals surface area contributed by atoms with E-state index in [9.17, 15) is 14.7 Å². The van der Waals surface area contributed by atoms with E-state index in [-0.39, 0.29) is 12.2 Å². The van der Waals surface area contributed by atoms with Crippen molar-refractivity contribution in [3.63, 3.8) is 0 Å². The molecule has 1 aliphatic heterocycles. The van der Waals surface area contributed by atoms with Crippen molar-refractivity contribution in [3.8, 4) is 5.75 Å². The standard InChI is InChI=1S/C26H25NO4/c1-2-31-21-14-12-20(13-15-21)24(28)18-26(30)22-10-6-7-11-23(22)27(25(26)29)17-16-19-8-4-3-5-9-19/h3-15,30H,2,16-18H2,1H3/t26-/m0/s1. The van der Waals surface area contributed by atoms with Crippen LogP contribution in [0.5, 0.6) is 5.75 Å². The zero-order chi connectivity index (χ0) is 21.8. The van der Waals surface area contributed by atoms with Gasteiger partial charge in [-0.25, -0.2) is 0 Å². The second-order valence-electron chi connectivity index (χ2n) is 7.63. The van der Waals surface area contributed by atoms with Gasteiger partial charge >= 0.3 is 0 Å². The van der Waals surface area contributed by atoms with Crippen LogP contribution in [0.3, 0.4) is 0 Å². The molecular formula is C26H25NO4. The van der Waals surface area contributed by atoms with Gasteiger partial charge in [0, 0.05) is 17.7 Å². The minimum absolute atomic E-state index is 0.293. The number of hydrogen-bond acceptors (Lipinski definition) is 4. The van der Waals surface area contributed by atoms with E-state index in [0.29, 0.717) is 42.1 Å². The van der Waals surface area contributed by atoms with Crippen molar-refractivity contribution in [1.29, 1.82) is 0 Å². The number of aliphatic hydroxyl groups is 1. The summed E-state index contributed by atoms with van der Waals surface area (Å²) >= 11 is 0. The Kier molecular flexibility index (Phi) is 5.87. The molecule has 0 saturated heterocycles. The quantitative estimate of drug-likeness (QED) is 0.562. The molecule has 158 valence electrons. The maximum Gasteiger partial charge on any atom is 0.264 e. The van der Waals surface area contributed by atoms with E-state index < -0.39 is 11.5 Å². The van der Waals surface area contributed by atoms with E-state index in [4.69, 9.17) is 4.74 Å². The lowest BCUT2D eigenvalue weighted by atomic mass is 9.88. The molecule has 0 unspecified atom stereocenters. The van der Waals surface area contributed by atoms with Crippen LogP contribution in [-0.2, 0) is 16.8 Å². The molecule has 1 heterocycles. The minimum atomic E-state index is -1.87. The number of para-hydroxylation sites is 1. The van der Waals surface area contributed by atoms with Crippen LogP contribution in [0.1, 0.15) is 34.8 Å². The number of Topliss-reactive ketones (excluding diaryl/α,β-unsaturated/α-hetero) is 1. The van der Waals surface area contributed by atoms with Gasteiger partial charge in [0.15, 0.2) is 11.4 Å². The molecule has 1 atom stereocenters. The third-order valence-corrected chi connectivity index (χ3v) is 5.61. The van der Waals surface area contributed by atoms with Crippen molar-refractivity contribution in [1.82, 2.24) is 0 Å². The smallest absolute Gasteiger partial charge is 0.264 e. The fourth-order valence-electron chi connectivity index (χ4n) is 4.02. The van der Waals surface area contributed by atoms with Crippen molar-refractivity contribution >= 4 is 17.4 Å². The van der Waals surface area contributed by atoms with E-state index in [1.165, 1.54) is 0 Å². The Morgan fingerprint density at radius 2 is 1.65 bits per heavy atom. The SMILES string of the molecule is CCOc1ccc(C(=O)C[C@@]2(O)C(=O)N(CCc3ccccc3)c3ccccc32)cc1. The van der Waals surface area contributed by atoms with Gasteiger partial charge in [0.05, 0.1) is 18.7 Å². The minimum Gasteiger partial charge on any atom is -0.494 e. The highest BCUT2D eigenvalue weighted by molar-refractivity contribution is 6.10. The first-order chi connectivity index (χ1) is 15.0. The third kappa shape index (κ3) is 4.09. The average molecular weight is 415 g/mol. The summed E-state index contributed by atoms with van der Waals surface area (Å²) < 4.78 is 5.41. The zero-order valence-electron chi connectivity index (χ0n) is 17.5. The summed E-state index contributed by atoms with van der Waals surface area (Å²) in [4.78, 5) is 27.9. The number of hydrogen-bond donors (Lipinski definition) is 1. The molecule has 1 amide bonds. The predicted octanol–water partition coefficient (Wildman–Crippen LogP) is 4.14. The Hall–Kier alpha value is -3.44. The van der Waals surface area contributed by atoms with Gasteiger partial charge in [0.25, 0.3) is 5.91 Å². The van der Waals surface area contributed by atoms with Crippen molar-refractivity contribution < 1.29 is 19.4 Å². The topological polar surface area (TPSA) is 66.8 Å². The van der Waals surface area contributed by atoms with E-state index >= 15 is 0 Å². The second-order valence-corrected chi connectivity index (χ2v) is 7.63.